The van der Waals surface area contributed by atoms with Gasteiger partial charge in [-0.25, -0.2) is 12.8 Å². The molecule has 23 heavy (non-hydrogen) atoms. The van der Waals surface area contributed by atoms with Crippen LogP contribution in [-0.2, 0) is 10.0 Å². The molecule has 124 valence electrons. The first kappa shape index (κ1) is 17.2. The number of hydrogen-bond acceptors (Lipinski definition) is 4. The first-order valence-electron chi connectivity index (χ1n) is 7.08. The third-order valence-corrected chi connectivity index (χ3v) is 8.32. The van der Waals surface area contributed by atoms with Gasteiger partial charge in [-0.3, -0.25) is 0 Å². The van der Waals surface area contributed by atoms with Crippen LogP contribution in [0.15, 0.2) is 40.6 Å². The van der Waals surface area contributed by atoms with Gasteiger partial charge in [-0.15, -0.1) is 11.3 Å². The summed E-state index contributed by atoms with van der Waals surface area (Å²) < 4.78 is 40.2. The van der Waals surface area contributed by atoms with Crippen LogP contribution in [0.3, 0.4) is 0 Å². The average Bonchev–Trinajstić information content (AvgIpc) is 2.94. The van der Waals surface area contributed by atoms with E-state index in [9.17, 15) is 12.8 Å². The van der Waals surface area contributed by atoms with Gasteiger partial charge in [0.05, 0.1) is 9.92 Å². The second-order valence-corrected chi connectivity index (χ2v) is 9.78. The topological polar surface area (TPSA) is 37.4 Å². The van der Waals surface area contributed by atoms with Gasteiger partial charge >= 0.3 is 0 Å². The molecule has 0 N–H and O–H groups in total. The minimum absolute atomic E-state index is 0.0449. The molecular formula is C15H15ClFNO2S3. The summed E-state index contributed by atoms with van der Waals surface area (Å²) in [5.74, 6) is 0.117. The lowest BCUT2D eigenvalue weighted by molar-refractivity contribution is 0.428. The van der Waals surface area contributed by atoms with Crippen molar-refractivity contribution in [1.82, 2.24) is 4.31 Å². The lowest BCUT2D eigenvalue weighted by Gasteiger charge is -2.20. The minimum atomic E-state index is -3.64. The number of hydrogen-bond donors (Lipinski definition) is 0. The molecule has 3 rings (SSSR count). The van der Waals surface area contributed by atoms with Gasteiger partial charge < -0.3 is 0 Å². The summed E-state index contributed by atoms with van der Waals surface area (Å²) in [7, 11) is -3.64. The predicted molar refractivity (Wildman–Crippen MR) is 94.3 cm³/mol. The highest BCUT2D eigenvalue weighted by molar-refractivity contribution is 7.99. The Morgan fingerprint density at radius 2 is 2.09 bits per heavy atom. The van der Waals surface area contributed by atoms with Gasteiger partial charge in [0.2, 0.25) is 10.0 Å². The summed E-state index contributed by atoms with van der Waals surface area (Å²) in [6.45, 7) is 0.900. The van der Waals surface area contributed by atoms with Crippen molar-refractivity contribution in [3.05, 3.63) is 51.4 Å². The van der Waals surface area contributed by atoms with Crippen LogP contribution < -0.4 is 0 Å². The molecule has 0 spiro atoms. The van der Waals surface area contributed by atoms with E-state index in [0.717, 1.165) is 18.2 Å². The van der Waals surface area contributed by atoms with Gasteiger partial charge in [0.15, 0.2) is 0 Å². The third-order valence-electron chi connectivity index (χ3n) is 3.69. The first-order chi connectivity index (χ1) is 11.0. The Kier molecular flexibility index (Phi) is 5.32. The number of thioether (sulfide) groups is 1. The van der Waals surface area contributed by atoms with E-state index in [-0.39, 0.29) is 9.92 Å². The molecule has 1 fully saturated rings. The normalized spacial score (nSPS) is 20.3. The Morgan fingerprint density at radius 3 is 2.78 bits per heavy atom. The summed E-state index contributed by atoms with van der Waals surface area (Å²) in [5.41, 5.74) is 0. The molecule has 0 bridgehead atoms. The average molecular weight is 392 g/mol. The van der Waals surface area contributed by atoms with Crippen LogP contribution in [0.5, 0.6) is 0 Å². The molecule has 0 unspecified atom stereocenters. The second-order valence-electron chi connectivity index (χ2n) is 5.14. The van der Waals surface area contributed by atoms with Crippen molar-refractivity contribution in [2.45, 2.75) is 16.6 Å². The van der Waals surface area contributed by atoms with Crippen molar-refractivity contribution in [2.24, 2.45) is 0 Å². The van der Waals surface area contributed by atoms with E-state index < -0.39 is 15.8 Å². The SMILES string of the molecule is O=S(=O)(c1ccc(F)c(Cl)c1)N1CCS[C@H](c2cccs2)CC1. The maximum Gasteiger partial charge on any atom is 0.243 e. The molecule has 8 heteroatoms. The number of nitrogens with zero attached hydrogens (tertiary/aromatic N) is 1. The highest BCUT2D eigenvalue weighted by Gasteiger charge is 2.29. The number of benzene rings is 1. The van der Waals surface area contributed by atoms with Crippen LogP contribution in [0, 0.1) is 5.82 Å². The predicted octanol–water partition coefficient (Wildman–Crippen LogP) is 4.41. The van der Waals surface area contributed by atoms with E-state index in [1.54, 1.807) is 23.1 Å². The standard InChI is InChI=1S/C15H15ClFNO2S3/c16-12-10-11(3-4-13(12)17)23(19,20)18-6-5-15(22-9-7-18)14-2-1-8-21-14/h1-4,8,10,15H,5-7,9H2/t15-/m0/s1. The van der Waals surface area contributed by atoms with Crippen LogP contribution in [0.4, 0.5) is 4.39 Å². The van der Waals surface area contributed by atoms with Crippen LogP contribution >= 0.6 is 34.7 Å². The second kappa shape index (κ2) is 7.11. The quantitative estimate of drug-likeness (QED) is 0.777. The van der Waals surface area contributed by atoms with Crippen molar-refractivity contribution in [3.63, 3.8) is 0 Å². The molecular weight excluding hydrogens is 377 g/mol. The van der Waals surface area contributed by atoms with Crippen LogP contribution in [0.25, 0.3) is 0 Å². The molecule has 0 aliphatic carbocycles. The Hall–Kier alpha value is -0.600. The summed E-state index contributed by atoms with van der Waals surface area (Å²) in [6, 6.07) is 7.65. The number of sulfonamides is 1. The molecule has 1 aromatic heterocycles. The molecule has 1 atom stereocenters. The van der Waals surface area contributed by atoms with E-state index in [1.807, 2.05) is 11.4 Å². The summed E-state index contributed by atoms with van der Waals surface area (Å²) >= 11 is 9.20. The number of halogens is 2. The van der Waals surface area contributed by atoms with Crippen molar-refractivity contribution >= 4 is 44.7 Å². The Labute approximate surface area is 148 Å². The number of thiophene rings is 1. The molecule has 2 aromatic rings. The monoisotopic (exact) mass is 391 g/mol. The minimum Gasteiger partial charge on any atom is -0.207 e. The van der Waals surface area contributed by atoms with Gasteiger partial charge in [0, 0.05) is 29.0 Å². The maximum atomic E-state index is 13.3. The highest BCUT2D eigenvalue weighted by Crippen LogP contribution is 2.37. The van der Waals surface area contributed by atoms with Crippen molar-refractivity contribution in [1.29, 1.82) is 0 Å². The van der Waals surface area contributed by atoms with E-state index >= 15 is 0 Å². The van der Waals surface area contributed by atoms with Gasteiger partial charge in [0.1, 0.15) is 5.82 Å². The lowest BCUT2D eigenvalue weighted by Crippen LogP contribution is -2.33. The Balaban J connectivity index is 1.79. The summed E-state index contributed by atoms with van der Waals surface area (Å²) in [5, 5.41) is 2.19. The van der Waals surface area contributed by atoms with Crippen molar-refractivity contribution in [2.75, 3.05) is 18.8 Å². The molecule has 3 nitrogen and oxygen atoms in total. The molecule has 0 saturated carbocycles. The largest absolute Gasteiger partial charge is 0.243 e. The van der Waals surface area contributed by atoms with E-state index in [4.69, 9.17) is 11.6 Å². The van der Waals surface area contributed by atoms with Crippen LogP contribution in [0.1, 0.15) is 16.5 Å². The third kappa shape index (κ3) is 3.74. The van der Waals surface area contributed by atoms with Gasteiger partial charge in [0.25, 0.3) is 0 Å². The summed E-state index contributed by atoms with van der Waals surface area (Å²) in [4.78, 5) is 1.32. The molecule has 1 aliphatic rings. The molecule has 1 aromatic carbocycles. The van der Waals surface area contributed by atoms with Crippen molar-refractivity contribution < 1.29 is 12.8 Å². The van der Waals surface area contributed by atoms with E-state index in [0.29, 0.717) is 18.3 Å². The Bertz CT molecular complexity index is 780. The summed E-state index contributed by atoms with van der Waals surface area (Å²) in [6.07, 6.45) is 0.763. The van der Waals surface area contributed by atoms with Crippen LogP contribution in [0.2, 0.25) is 5.02 Å². The molecule has 0 radical (unpaired) electrons. The fraction of sp³-hybridized carbons (Fsp3) is 0.333. The first-order valence-corrected chi connectivity index (χ1v) is 10.8. The zero-order valence-electron chi connectivity index (χ0n) is 12.1. The highest BCUT2D eigenvalue weighted by atomic mass is 35.5. The van der Waals surface area contributed by atoms with E-state index in [1.165, 1.54) is 21.3 Å². The van der Waals surface area contributed by atoms with Crippen molar-refractivity contribution in [3.8, 4) is 0 Å². The van der Waals surface area contributed by atoms with Crippen LogP contribution in [-0.4, -0.2) is 31.6 Å². The van der Waals surface area contributed by atoms with Gasteiger partial charge in [-0.2, -0.15) is 16.1 Å². The van der Waals surface area contributed by atoms with Gasteiger partial charge in [-0.1, -0.05) is 17.7 Å². The zero-order chi connectivity index (χ0) is 16.4. The zero-order valence-corrected chi connectivity index (χ0v) is 15.3. The molecule has 2 heterocycles. The fourth-order valence-corrected chi connectivity index (χ4v) is 6.56. The lowest BCUT2D eigenvalue weighted by atomic mass is 10.2. The van der Waals surface area contributed by atoms with E-state index in [2.05, 4.69) is 6.07 Å². The smallest absolute Gasteiger partial charge is 0.207 e. The molecule has 0 amide bonds. The molecule has 1 aliphatic heterocycles. The number of rotatable bonds is 3. The Morgan fingerprint density at radius 1 is 1.26 bits per heavy atom. The van der Waals surface area contributed by atoms with Gasteiger partial charge in [-0.05, 0) is 36.1 Å². The fourth-order valence-electron chi connectivity index (χ4n) is 2.48. The maximum absolute atomic E-state index is 13.3. The molecule has 1 saturated heterocycles.